The van der Waals surface area contributed by atoms with Crippen molar-refractivity contribution in [2.24, 2.45) is 11.1 Å². The molecule has 0 bridgehead atoms. The minimum Gasteiger partial charge on any atom is -0.480 e. The van der Waals surface area contributed by atoms with Crippen LogP contribution in [-0.2, 0) is 4.79 Å². The van der Waals surface area contributed by atoms with E-state index in [9.17, 15) is 4.79 Å². The highest BCUT2D eigenvalue weighted by Gasteiger charge is 2.31. The molecule has 0 saturated heterocycles. The molecule has 4 heteroatoms. The minimum atomic E-state index is -1.05. The van der Waals surface area contributed by atoms with E-state index in [1.54, 1.807) is 0 Å². The molecule has 0 aromatic carbocycles. The average molecular weight is 244 g/mol. The summed E-state index contributed by atoms with van der Waals surface area (Å²) in [6.45, 7) is 10.3. The zero-order valence-corrected chi connectivity index (χ0v) is 11.9. The SMILES string of the molecule is CCC(N)(CCCN(C)CC(C)(C)C)C(=O)O. The predicted molar refractivity (Wildman–Crippen MR) is 71.0 cm³/mol. The van der Waals surface area contributed by atoms with E-state index in [2.05, 4.69) is 32.7 Å². The molecule has 17 heavy (non-hydrogen) atoms. The lowest BCUT2D eigenvalue weighted by molar-refractivity contribution is -0.143. The van der Waals surface area contributed by atoms with Crippen molar-refractivity contribution < 1.29 is 9.90 Å². The normalized spacial score (nSPS) is 15.9. The fraction of sp³-hybridized carbons (Fsp3) is 0.923. The van der Waals surface area contributed by atoms with E-state index < -0.39 is 11.5 Å². The van der Waals surface area contributed by atoms with Gasteiger partial charge >= 0.3 is 5.97 Å². The molecular weight excluding hydrogens is 216 g/mol. The predicted octanol–water partition coefficient (Wildman–Crippen LogP) is 1.94. The third kappa shape index (κ3) is 6.64. The fourth-order valence-corrected chi connectivity index (χ4v) is 1.99. The van der Waals surface area contributed by atoms with Crippen molar-refractivity contribution in [2.45, 2.75) is 52.5 Å². The third-order valence-corrected chi connectivity index (χ3v) is 2.96. The van der Waals surface area contributed by atoms with E-state index in [1.807, 2.05) is 6.92 Å². The summed E-state index contributed by atoms with van der Waals surface area (Å²) < 4.78 is 0. The molecule has 0 rings (SSSR count). The third-order valence-electron chi connectivity index (χ3n) is 2.96. The molecule has 0 aliphatic rings. The second-order valence-corrected chi connectivity index (χ2v) is 6.22. The van der Waals surface area contributed by atoms with Gasteiger partial charge in [-0.1, -0.05) is 27.7 Å². The van der Waals surface area contributed by atoms with Crippen molar-refractivity contribution in [2.75, 3.05) is 20.1 Å². The molecule has 0 heterocycles. The highest BCUT2D eigenvalue weighted by molar-refractivity contribution is 5.78. The van der Waals surface area contributed by atoms with E-state index in [-0.39, 0.29) is 5.41 Å². The van der Waals surface area contributed by atoms with Crippen LogP contribution in [0.5, 0.6) is 0 Å². The first-order valence-corrected chi connectivity index (χ1v) is 6.31. The maximum absolute atomic E-state index is 11.0. The summed E-state index contributed by atoms with van der Waals surface area (Å²) >= 11 is 0. The van der Waals surface area contributed by atoms with E-state index in [0.29, 0.717) is 12.8 Å². The molecule has 1 unspecified atom stereocenters. The van der Waals surface area contributed by atoms with Crippen molar-refractivity contribution in [1.29, 1.82) is 0 Å². The van der Waals surface area contributed by atoms with Gasteiger partial charge < -0.3 is 15.7 Å². The van der Waals surface area contributed by atoms with Gasteiger partial charge in [0.15, 0.2) is 0 Å². The number of rotatable bonds is 7. The average Bonchev–Trinajstić information content (AvgIpc) is 2.14. The number of carboxylic acid groups (broad SMARTS) is 1. The molecule has 3 N–H and O–H groups in total. The summed E-state index contributed by atoms with van der Waals surface area (Å²) in [4.78, 5) is 13.3. The summed E-state index contributed by atoms with van der Waals surface area (Å²) in [6, 6.07) is 0. The van der Waals surface area contributed by atoms with Crippen LogP contribution >= 0.6 is 0 Å². The molecule has 1 atom stereocenters. The first kappa shape index (κ1) is 16.4. The van der Waals surface area contributed by atoms with Crippen molar-refractivity contribution in [3.8, 4) is 0 Å². The summed E-state index contributed by atoms with van der Waals surface area (Å²) in [5, 5.41) is 9.05. The van der Waals surface area contributed by atoms with Crippen LogP contribution in [0, 0.1) is 5.41 Å². The Bertz CT molecular complexity index is 248. The Kier molecular flexibility index (Phi) is 6.13. The Balaban J connectivity index is 4.02. The van der Waals surface area contributed by atoms with Crippen LogP contribution in [0.3, 0.4) is 0 Å². The maximum Gasteiger partial charge on any atom is 0.323 e. The van der Waals surface area contributed by atoms with Crippen LogP contribution in [-0.4, -0.2) is 41.7 Å². The van der Waals surface area contributed by atoms with E-state index in [1.165, 1.54) is 0 Å². The van der Waals surface area contributed by atoms with Gasteiger partial charge in [-0.3, -0.25) is 4.79 Å². The number of nitrogens with zero attached hydrogens (tertiary/aromatic N) is 1. The number of aliphatic carboxylic acids is 1. The van der Waals surface area contributed by atoms with Crippen molar-refractivity contribution in [3.63, 3.8) is 0 Å². The molecular formula is C13H28N2O2. The van der Waals surface area contributed by atoms with Gasteiger partial charge in [0.05, 0.1) is 0 Å². The highest BCUT2D eigenvalue weighted by atomic mass is 16.4. The number of carboxylic acids is 1. The van der Waals surface area contributed by atoms with E-state index in [4.69, 9.17) is 10.8 Å². The zero-order valence-electron chi connectivity index (χ0n) is 11.9. The van der Waals surface area contributed by atoms with Gasteiger partial charge in [0.2, 0.25) is 0 Å². The van der Waals surface area contributed by atoms with Gasteiger partial charge in [-0.15, -0.1) is 0 Å². The topological polar surface area (TPSA) is 66.6 Å². The van der Waals surface area contributed by atoms with Crippen molar-refractivity contribution >= 4 is 5.97 Å². The van der Waals surface area contributed by atoms with Crippen LogP contribution in [0.2, 0.25) is 0 Å². The summed E-state index contributed by atoms with van der Waals surface area (Å²) in [6.07, 6.45) is 1.84. The number of hydrogen-bond donors (Lipinski definition) is 2. The molecule has 0 amide bonds. The lowest BCUT2D eigenvalue weighted by atomic mass is 9.91. The first-order chi connectivity index (χ1) is 7.60. The van der Waals surface area contributed by atoms with E-state index >= 15 is 0 Å². The lowest BCUT2D eigenvalue weighted by Crippen LogP contribution is -2.47. The van der Waals surface area contributed by atoms with Crippen LogP contribution in [0.25, 0.3) is 0 Å². The monoisotopic (exact) mass is 244 g/mol. The second kappa shape index (κ2) is 6.36. The Morgan fingerprint density at radius 1 is 1.35 bits per heavy atom. The van der Waals surface area contributed by atoms with Gasteiger partial charge in [0.25, 0.3) is 0 Å². The van der Waals surface area contributed by atoms with Gasteiger partial charge in [-0.25, -0.2) is 0 Å². The van der Waals surface area contributed by atoms with Gasteiger partial charge in [-0.05, 0) is 38.3 Å². The van der Waals surface area contributed by atoms with Gasteiger partial charge in [0.1, 0.15) is 5.54 Å². The standard InChI is InChI=1S/C13H28N2O2/c1-6-13(14,11(16)17)8-7-9-15(5)10-12(2,3)4/h6-10,14H2,1-5H3,(H,16,17). The molecule has 0 spiro atoms. The molecule has 0 radical (unpaired) electrons. The largest absolute Gasteiger partial charge is 0.480 e. The highest BCUT2D eigenvalue weighted by Crippen LogP contribution is 2.17. The summed E-state index contributed by atoms with van der Waals surface area (Å²) in [5.41, 5.74) is 5.05. The molecule has 0 saturated carbocycles. The molecule has 0 aromatic rings. The van der Waals surface area contributed by atoms with Crippen LogP contribution in [0.1, 0.15) is 47.0 Å². The van der Waals surface area contributed by atoms with Crippen LogP contribution in [0.4, 0.5) is 0 Å². The van der Waals surface area contributed by atoms with Crippen LogP contribution in [0.15, 0.2) is 0 Å². The minimum absolute atomic E-state index is 0.270. The van der Waals surface area contributed by atoms with Crippen LogP contribution < -0.4 is 5.73 Å². The Hall–Kier alpha value is -0.610. The lowest BCUT2D eigenvalue weighted by Gasteiger charge is -2.28. The molecule has 0 aromatic heterocycles. The quantitative estimate of drug-likeness (QED) is 0.718. The molecule has 0 aliphatic carbocycles. The summed E-state index contributed by atoms with van der Waals surface area (Å²) in [7, 11) is 2.07. The zero-order chi connectivity index (χ0) is 13.7. The van der Waals surface area contributed by atoms with E-state index in [0.717, 1.165) is 19.5 Å². The van der Waals surface area contributed by atoms with Crippen molar-refractivity contribution in [3.05, 3.63) is 0 Å². The maximum atomic E-state index is 11.0. The fourth-order valence-electron chi connectivity index (χ4n) is 1.99. The Morgan fingerprint density at radius 2 is 1.88 bits per heavy atom. The summed E-state index contributed by atoms with van der Waals surface area (Å²) in [5.74, 6) is -0.890. The van der Waals surface area contributed by atoms with Gasteiger partial charge in [0, 0.05) is 6.54 Å². The number of hydrogen-bond acceptors (Lipinski definition) is 3. The first-order valence-electron chi connectivity index (χ1n) is 6.31. The molecule has 4 nitrogen and oxygen atoms in total. The second-order valence-electron chi connectivity index (χ2n) is 6.22. The molecule has 0 fully saturated rings. The van der Waals surface area contributed by atoms with Crippen molar-refractivity contribution in [1.82, 2.24) is 4.90 Å². The molecule has 0 aliphatic heterocycles. The number of nitrogens with two attached hydrogens (primary N) is 1. The molecule has 102 valence electrons. The Labute approximate surface area is 105 Å². The number of carbonyl (C=O) groups is 1. The van der Waals surface area contributed by atoms with Gasteiger partial charge in [-0.2, -0.15) is 0 Å². The smallest absolute Gasteiger partial charge is 0.323 e. The Morgan fingerprint density at radius 3 is 2.24 bits per heavy atom.